The monoisotopic (exact) mass is 249 g/mol. The maximum Gasteiger partial charge on any atom is 0.248 e. The van der Waals surface area contributed by atoms with Gasteiger partial charge in [0.2, 0.25) is 11.8 Å². The van der Waals surface area contributed by atoms with E-state index in [1.807, 2.05) is 13.8 Å². The first-order chi connectivity index (χ1) is 8.43. The largest absolute Gasteiger partial charge is 0.366 e. The molecule has 1 atom stereocenters. The van der Waals surface area contributed by atoms with Gasteiger partial charge in [-0.2, -0.15) is 0 Å². The van der Waals surface area contributed by atoms with Gasteiger partial charge in [-0.3, -0.25) is 9.59 Å². The standard InChI is InChI=1S/C13H19N3O2/c1-8(7-14)5-12(17)16-11-4-3-10(13(15)18)6-9(11)2/h3-4,6,8H,5,7,14H2,1-2H3,(H2,15,18)(H,16,17). The third-order valence-corrected chi connectivity index (χ3v) is 2.72. The average molecular weight is 249 g/mol. The van der Waals surface area contributed by atoms with Gasteiger partial charge in [0.15, 0.2) is 0 Å². The van der Waals surface area contributed by atoms with Crippen molar-refractivity contribution in [2.45, 2.75) is 20.3 Å². The first kappa shape index (κ1) is 14.2. The highest BCUT2D eigenvalue weighted by molar-refractivity contribution is 5.95. The second-order valence-electron chi connectivity index (χ2n) is 4.49. The lowest BCUT2D eigenvalue weighted by atomic mass is 10.1. The Kier molecular flexibility index (Phi) is 4.85. The molecule has 5 heteroatoms. The number of anilines is 1. The zero-order chi connectivity index (χ0) is 13.7. The summed E-state index contributed by atoms with van der Waals surface area (Å²) >= 11 is 0. The van der Waals surface area contributed by atoms with Crippen LogP contribution in [-0.4, -0.2) is 18.4 Å². The SMILES string of the molecule is Cc1cc(C(N)=O)ccc1NC(=O)CC(C)CN. The second-order valence-corrected chi connectivity index (χ2v) is 4.49. The number of hydrogen-bond acceptors (Lipinski definition) is 3. The molecule has 18 heavy (non-hydrogen) atoms. The zero-order valence-electron chi connectivity index (χ0n) is 10.7. The Morgan fingerprint density at radius 2 is 2.06 bits per heavy atom. The molecule has 0 saturated heterocycles. The Morgan fingerprint density at radius 3 is 2.56 bits per heavy atom. The van der Waals surface area contributed by atoms with Crippen molar-refractivity contribution in [1.82, 2.24) is 0 Å². The smallest absolute Gasteiger partial charge is 0.248 e. The van der Waals surface area contributed by atoms with Crippen LogP contribution >= 0.6 is 0 Å². The molecule has 0 saturated carbocycles. The summed E-state index contributed by atoms with van der Waals surface area (Å²) in [5.74, 6) is -0.411. The highest BCUT2D eigenvalue weighted by Crippen LogP contribution is 2.17. The zero-order valence-corrected chi connectivity index (χ0v) is 10.7. The summed E-state index contributed by atoms with van der Waals surface area (Å²) in [6.45, 7) is 4.21. The fourth-order valence-electron chi connectivity index (χ4n) is 1.56. The predicted octanol–water partition coefficient (Wildman–Crippen LogP) is 1.02. The highest BCUT2D eigenvalue weighted by Gasteiger charge is 2.10. The number of carbonyl (C=O) groups is 2. The van der Waals surface area contributed by atoms with Gasteiger partial charge in [-0.05, 0) is 43.1 Å². The van der Waals surface area contributed by atoms with Crippen LogP contribution in [0.5, 0.6) is 0 Å². The molecule has 2 amide bonds. The number of benzene rings is 1. The van der Waals surface area contributed by atoms with E-state index in [0.29, 0.717) is 24.2 Å². The van der Waals surface area contributed by atoms with E-state index < -0.39 is 5.91 Å². The predicted molar refractivity (Wildman–Crippen MR) is 71.2 cm³/mol. The van der Waals surface area contributed by atoms with E-state index in [9.17, 15) is 9.59 Å². The van der Waals surface area contributed by atoms with E-state index in [1.54, 1.807) is 18.2 Å². The van der Waals surface area contributed by atoms with Gasteiger partial charge in [0.05, 0.1) is 0 Å². The average Bonchev–Trinajstić information content (AvgIpc) is 2.31. The lowest BCUT2D eigenvalue weighted by molar-refractivity contribution is -0.116. The van der Waals surface area contributed by atoms with E-state index in [4.69, 9.17) is 11.5 Å². The van der Waals surface area contributed by atoms with E-state index in [1.165, 1.54) is 0 Å². The van der Waals surface area contributed by atoms with Gasteiger partial charge in [-0.1, -0.05) is 6.92 Å². The van der Waals surface area contributed by atoms with Crippen molar-refractivity contribution in [3.05, 3.63) is 29.3 Å². The van der Waals surface area contributed by atoms with Gasteiger partial charge >= 0.3 is 0 Å². The number of hydrogen-bond donors (Lipinski definition) is 3. The summed E-state index contributed by atoms with van der Waals surface area (Å²) < 4.78 is 0. The van der Waals surface area contributed by atoms with E-state index in [-0.39, 0.29) is 11.8 Å². The van der Waals surface area contributed by atoms with Crippen molar-refractivity contribution >= 4 is 17.5 Å². The Bertz CT molecular complexity index is 458. The van der Waals surface area contributed by atoms with Crippen molar-refractivity contribution in [2.24, 2.45) is 17.4 Å². The van der Waals surface area contributed by atoms with Crippen LogP contribution in [0.4, 0.5) is 5.69 Å². The van der Waals surface area contributed by atoms with Gasteiger partial charge in [-0.25, -0.2) is 0 Å². The fourth-order valence-corrected chi connectivity index (χ4v) is 1.56. The minimum absolute atomic E-state index is 0.0807. The molecule has 0 aromatic heterocycles. The number of nitrogens with one attached hydrogen (secondary N) is 1. The molecule has 0 aliphatic carbocycles. The quantitative estimate of drug-likeness (QED) is 0.726. The summed E-state index contributed by atoms with van der Waals surface area (Å²) in [6.07, 6.45) is 0.382. The van der Waals surface area contributed by atoms with Crippen molar-refractivity contribution in [3.63, 3.8) is 0 Å². The molecule has 0 fully saturated rings. The van der Waals surface area contributed by atoms with Crippen LogP contribution in [0.1, 0.15) is 29.3 Å². The third kappa shape index (κ3) is 3.85. The van der Waals surface area contributed by atoms with Crippen molar-refractivity contribution < 1.29 is 9.59 Å². The molecule has 1 unspecified atom stereocenters. The van der Waals surface area contributed by atoms with Crippen molar-refractivity contribution in [1.29, 1.82) is 0 Å². The van der Waals surface area contributed by atoms with Gasteiger partial charge in [0.1, 0.15) is 0 Å². The molecular weight excluding hydrogens is 230 g/mol. The number of primary amides is 1. The molecule has 1 aromatic rings. The number of rotatable bonds is 5. The Labute approximate surface area is 107 Å². The number of carbonyl (C=O) groups excluding carboxylic acids is 2. The lowest BCUT2D eigenvalue weighted by Gasteiger charge is -2.11. The second kappa shape index (κ2) is 6.16. The van der Waals surface area contributed by atoms with Crippen LogP contribution in [0, 0.1) is 12.8 Å². The molecule has 5 N–H and O–H groups in total. The summed E-state index contributed by atoms with van der Waals surface area (Å²) in [6, 6.07) is 4.93. The van der Waals surface area contributed by atoms with Crippen LogP contribution < -0.4 is 16.8 Å². The Balaban J connectivity index is 2.74. The molecule has 0 heterocycles. The number of amides is 2. The van der Waals surface area contributed by atoms with Gasteiger partial charge in [0, 0.05) is 17.7 Å². The van der Waals surface area contributed by atoms with Crippen LogP contribution in [0.2, 0.25) is 0 Å². The normalized spacial score (nSPS) is 11.9. The molecule has 1 rings (SSSR count). The Hall–Kier alpha value is -1.88. The van der Waals surface area contributed by atoms with Crippen LogP contribution in [0.25, 0.3) is 0 Å². The Morgan fingerprint density at radius 1 is 1.39 bits per heavy atom. The molecule has 1 aromatic carbocycles. The molecule has 98 valence electrons. The highest BCUT2D eigenvalue weighted by atomic mass is 16.2. The molecule has 0 radical (unpaired) electrons. The molecule has 0 spiro atoms. The molecule has 0 aliphatic rings. The van der Waals surface area contributed by atoms with Crippen molar-refractivity contribution in [2.75, 3.05) is 11.9 Å². The fraction of sp³-hybridized carbons (Fsp3) is 0.385. The maximum atomic E-state index is 11.7. The van der Waals surface area contributed by atoms with Crippen LogP contribution in [0.3, 0.4) is 0 Å². The molecule has 5 nitrogen and oxygen atoms in total. The first-order valence-corrected chi connectivity index (χ1v) is 5.84. The molecular formula is C13H19N3O2. The summed E-state index contributed by atoms with van der Waals surface area (Å²) in [5, 5.41) is 2.79. The summed E-state index contributed by atoms with van der Waals surface area (Å²) in [4.78, 5) is 22.7. The van der Waals surface area contributed by atoms with E-state index in [0.717, 1.165) is 5.56 Å². The van der Waals surface area contributed by atoms with Gasteiger partial charge < -0.3 is 16.8 Å². The minimum atomic E-state index is -0.479. The van der Waals surface area contributed by atoms with Gasteiger partial charge in [-0.15, -0.1) is 0 Å². The topological polar surface area (TPSA) is 98.2 Å². The van der Waals surface area contributed by atoms with Gasteiger partial charge in [0.25, 0.3) is 0 Å². The molecule has 0 bridgehead atoms. The summed E-state index contributed by atoms with van der Waals surface area (Å²) in [7, 11) is 0. The van der Waals surface area contributed by atoms with Crippen LogP contribution in [0.15, 0.2) is 18.2 Å². The number of nitrogens with two attached hydrogens (primary N) is 2. The minimum Gasteiger partial charge on any atom is -0.366 e. The summed E-state index contributed by atoms with van der Waals surface area (Å²) in [5.41, 5.74) is 12.6. The molecule has 0 aliphatic heterocycles. The third-order valence-electron chi connectivity index (χ3n) is 2.72. The lowest BCUT2D eigenvalue weighted by Crippen LogP contribution is -2.20. The maximum absolute atomic E-state index is 11.7. The van der Waals surface area contributed by atoms with E-state index >= 15 is 0 Å². The number of aryl methyl sites for hydroxylation is 1. The first-order valence-electron chi connectivity index (χ1n) is 5.84. The van der Waals surface area contributed by atoms with Crippen molar-refractivity contribution in [3.8, 4) is 0 Å². The van der Waals surface area contributed by atoms with E-state index in [2.05, 4.69) is 5.32 Å². The van der Waals surface area contributed by atoms with Crippen LogP contribution in [-0.2, 0) is 4.79 Å².